The Morgan fingerprint density at radius 3 is 3.05 bits per heavy atom. The van der Waals surface area contributed by atoms with Crippen molar-refractivity contribution in [2.24, 2.45) is 0 Å². The molecule has 0 aliphatic heterocycles. The van der Waals surface area contributed by atoms with Gasteiger partial charge in [0.1, 0.15) is 17.1 Å². The minimum Gasteiger partial charge on any atom is -0.464 e. The molecular formula is C14H14N4O3. The lowest BCUT2D eigenvalue weighted by Crippen LogP contribution is -2.27. The van der Waals surface area contributed by atoms with Gasteiger partial charge >= 0.3 is 0 Å². The zero-order valence-corrected chi connectivity index (χ0v) is 11.4. The summed E-state index contributed by atoms with van der Waals surface area (Å²) >= 11 is 0. The van der Waals surface area contributed by atoms with Crippen LogP contribution in [0.4, 0.5) is 0 Å². The van der Waals surface area contributed by atoms with E-state index >= 15 is 0 Å². The molecule has 0 saturated carbocycles. The quantitative estimate of drug-likeness (QED) is 0.773. The topological polar surface area (TPSA) is 86.1 Å². The summed E-state index contributed by atoms with van der Waals surface area (Å²) in [5.74, 6) is 1.07. The van der Waals surface area contributed by atoms with E-state index in [4.69, 9.17) is 8.94 Å². The number of carbonyl (C=O) groups is 1. The fourth-order valence-electron chi connectivity index (χ4n) is 1.95. The number of carbonyl (C=O) groups excluding carboxylic acids is 1. The molecule has 0 aromatic carbocycles. The van der Waals surface area contributed by atoms with Crippen LogP contribution >= 0.6 is 0 Å². The zero-order chi connectivity index (χ0) is 14.7. The Morgan fingerprint density at radius 1 is 1.43 bits per heavy atom. The van der Waals surface area contributed by atoms with Crippen LogP contribution < -0.4 is 5.32 Å². The van der Waals surface area contributed by atoms with Gasteiger partial charge in [0, 0.05) is 12.7 Å². The van der Waals surface area contributed by atoms with Crippen LogP contribution in [0.1, 0.15) is 16.1 Å². The summed E-state index contributed by atoms with van der Waals surface area (Å²) in [5, 5.41) is 10.6. The third kappa shape index (κ3) is 2.86. The predicted octanol–water partition coefficient (Wildman–Crippen LogP) is 1.87. The maximum Gasteiger partial charge on any atom is 0.256 e. The van der Waals surface area contributed by atoms with E-state index in [1.807, 2.05) is 18.3 Å². The fourth-order valence-corrected chi connectivity index (χ4v) is 1.95. The molecule has 0 atom stereocenters. The van der Waals surface area contributed by atoms with Crippen LogP contribution in [0.15, 0.2) is 45.9 Å². The minimum atomic E-state index is -0.202. The first-order valence-electron chi connectivity index (χ1n) is 6.50. The summed E-state index contributed by atoms with van der Waals surface area (Å²) < 4.78 is 11.9. The van der Waals surface area contributed by atoms with Gasteiger partial charge in [-0.25, -0.2) is 0 Å². The average molecular weight is 286 g/mol. The van der Waals surface area contributed by atoms with E-state index in [1.54, 1.807) is 24.1 Å². The molecule has 108 valence electrons. The smallest absolute Gasteiger partial charge is 0.256 e. The average Bonchev–Trinajstić information content (AvgIpc) is 3.19. The molecule has 0 unspecified atom stereocenters. The maximum atomic E-state index is 11.9. The van der Waals surface area contributed by atoms with Crippen molar-refractivity contribution in [3.8, 4) is 11.3 Å². The van der Waals surface area contributed by atoms with Crippen molar-refractivity contribution in [2.45, 2.75) is 13.5 Å². The molecular weight excluding hydrogens is 272 g/mol. The molecule has 3 heterocycles. The van der Waals surface area contributed by atoms with Crippen LogP contribution in [0.3, 0.4) is 0 Å². The van der Waals surface area contributed by atoms with Gasteiger partial charge in [-0.3, -0.25) is 9.48 Å². The normalized spacial score (nSPS) is 10.7. The third-order valence-corrected chi connectivity index (χ3v) is 3.06. The van der Waals surface area contributed by atoms with Gasteiger partial charge in [-0.2, -0.15) is 5.10 Å². The lowest BCUT2D eigenvalue weighted by Gasteiger charge is -2.03. The summed E-state index contributed by atoms with van der Waals surface area (Å²) in [6.07, 6.45) is 6.63. The van der Waals surface area contributed by atoms with Crippen molar-refractivity contribution in [3.63, 3.8) is 0 Å². The maximum absolute atomic E-state index is 11.9. The molecule has 0 aliphatic rings. The molecule has 3 aromatic rings. The first kappa shape index (κ1) is 13.2. The number of aromatic nitrogens is 3. The molecule has 3 rings (SSSR count). The Hall–Kier alpha value is -2.83. The van der Waals surface area contributed by atoms with Crippen LogP contribution in [0, 0.1) is 6.92 Å². The van der Waals surface area contributed by atoms with E-state index in [9.17, 15) is 4.79 Å². The van der Waals surface area contributed by atoms with Gasteiger partial charge in [0.15, 0.2) is 0 Å². The highest BCUT2D eigenvalue weighted by molar-refractivity contribution is 5.94. The van der Waals surface area contributed by atoms with Crippen molar-refractivity contribution < 1.29 is 13.7 Å². The first-order chi connectivity index (χ1) is 10.2. The van der Waals surface area contributed by atoms with E-state index in [-0.39, 0.29) is 5.91 Å². The van der Waals surface area contributed by atoms with E-state index in [0.717, 1.165) is 11.3 Å². The van der Waals surface area contributed by atoms with Crippen LogP contribution in [0.5, 0.6) is 0 Å². The summed E-state index contributed by atoms with van der Waals surface area (Å²) in [6, 6.07) is 3.70. The molecule has 0 fully saturated rings. The minimum absolute atomic E-state index is 0.202. The van der Waals surface area contributed by atoms with Crippen LogP contribution in [0.25, 0.3) is 11.3 Å². The molecule has 0 radical (unpaired) electrons. The molecule has 21 heavy (non-hydrogen) atoms. The number of rotatable bonds is 5. The van der Waals surface area contributed by atoms with Crippen molar-refractivity contribution in [3.05, 3.63) is 48.3 Å². The Labute approximate surface area is 120 Å². The number of amides is 1. The van der Waals surface area contributed by atoms with Crippen molar-refractivity contribution >= 4 is 5.91 Å². The highest BCUT2D eigenvalue weighted by Crippen LogP contribution is 2.18. The molecule has 1 N–H and O–H groups in total. The Bertz CT molecular complexity index is 727. The SMILES string of the molecule is Cc1oncc1C(=O)NCCn1cc(-c2ccco2)cn1. The molecule has 7 heteroatoms. The summed E-state index contributed by atoms with van der Waals surface area (Å²) in [4.78, 5) is 11.9. The van der Waals surface area contributed by atoms with Crippen LogP contribution in [-0.4, -0.2) is 27.4 Å². The lowest BCUT2D eigenvalue weighted by molar-refractivity contribution is 0.0950. The van der Waals surface area contributed by atoms with Crippen molar-refractivity contribution in [1.82, 2.24) is 20.3 Å². The molecule has 0 bridgehead atoms. The van der Waals surface area contributed by atoms with E-state index in [2.05, 4.69) is 15.6 Å². The highest BCUT2D eigenvalue weighted by atomic mass is 16.5. The van der Waals surface area contributed by atoms with E-state index < -0.39 is 0 Å². The summed E-state index contributed by atoms with van der Waals surface area (Å²) in [5.41, 5.74) is 1.35. The van der Waals surface area contributed by atoms with Crippen LogP contribution in [-0.2, 0) is 6.54 Å². The second-order valence-corrected chi connectivity index (χ2v) is 4.52. The third-order valence-electron chi connectivity index (χ3n) is 3.06. The molecule has 3 aromatic heterocycles. The lowest BCUT2D eigenvalue weighted by atomic mass is 10.2. The first-order valence-corrected chi connectivity index (χ1v) is 6.50. The number of nitrogens with one attached hydrogen (secondary N) is 1. The van der Waals surface area contributed by atoms with E-state index in [1.165, 1.54) is 6.20 Å². The second-order valence-electron chi connectivity index (χ2n) is 4.52. The predicted molar refractivity (Wildman–Crippen MR) is 73.5 cm³/mol. The van der Waals surface area contributed by atoms with Crippen molar-refractivity contribution in [2.75, 3.05) is 6.54 Å². The van der Waals surface area contributed by atoms with Gasteiger partial charge < -0.3 is 14.3 Å². The number of furan rings is 1. The highest BCUT2D eigenvalue weighted by Gasteiger charge is 2.12. The number of aryl methyl sites for hydroxylation is 1. The van der Waals surface area contributed by atoms with E-state index in [0.29, 0.717) is 24.4 Å². The van der Waals surface area contributed by atoms with Crippen molar-refractivity contribution in [1.29, 1.82) is 0 Å². The van der Waals surface area contributed by atoms with Gasteiger partial charge in [-0.05, 0) is 19.1 Å². The number of hydrogen-bond donors (Lipinski definition) is 1. The Kier molecular flexibility index (Phi) is 3.55. The summed E-state index contributed by atoms with van der Waals surface area (Å²) in [6.45, 7) is 2.73. The summed E-state index contributed by atoms with van der Waals surface area (Å²) in [7, 11) is 0. The fraction of sp³-hybridized carbons (Fsp3) is 0.214. The van der Waals surface area contributed by atoms with Crippen LogP contribution in [0.2, 0.25) is 0 Å². The monoisotopic (exact) mass is 286 g/mol. The Morgan fingerprint density at radius 2 is 2.33 bits per heavy atom. The number of hydrogen-bond acceptors (Lipinski definition) is 5. The molecule has 7 nitrogen and oxygen atoms in total. The molecule has 1 amide bonds. The standard InChI is InChI=1S/C14H14N4O3/c1-10-12(8-17-21-10)14(19)15-4-5-18-9-11(7-16-18)13-3-2-6-20-13/h2-3,6-9H,4-5H2,1H3,(H,15,19). The second kappa shape index (κ2) is 5.66. The van der Waals surface area contributed by atoms with Gasteiger partial charge in [0.05, 0.1) is 30.8 Å². The van der Waals surface area contributed by atoms with Gasteiger partial charge in [-0.15, -0.1) is 0 Å². The number of nitrogens with zero attached hydrogens (tertiary/aromatic N) is 3. The van der Waals surface area contributed by atoms with Gasteiger partial charge in [0.2, 0.25) is 0 Å². The van der Waals surface area contributed by atoms with Gasteiger partial charge in [0.25, 0.3) is 5.91 Å². The molecule has 0 spiro atoms. The molecule has 0 saturated heterocycles. The zero-order valence-electron chi connectivity index (χ0n) is 11.4. The van der Waals surface area contributed by atoms with Gasteiger partial charge in [-0.1, -0.05) is 5.16 Å². The Balaban J connectivity index is 1.54. The molecule has 0 aliphatic carbocycles. The largest absolute Gasteiger partial charge is 0.464 e.